The summed E-state index contributed by atoms with van der Waals surface area (Å²) in [6, 6.07) is 2.51. The Morgan fingerprint density at radius 2 is 1.96 bits per heavy atom. The highest BCUT2D eigenvalue weighted by Gasteiger charge is 2.34. The summed E-state index contributed by atoms with van der Waals surface area (Å²) in [7, 11) is 1.28. The zero-order valence-electron chi connectivity index (χ0n) is 12.4. The minimum Gasteiger partial charge on any atom is -0.497 e. The summed E-state index contributed by atoms with van der Waals surface area (Å²) in [6.45, 7) is 1.08. The summed E-state index contributed by atoms with van der Waals surface area (Å²) in [5.74, 6) is -2.40. The second-order valence-electron chi connectivity index (χ2n) is 5.29. The van der Waals surface area contributed by atoms with Gasteiger partial charge in [-0.25, -0.2) is 13.2 Å². The normalized spacial score (nSPS) is 18.9. The lowest BCUT2D eigenvalue weighted by molar-refractivity contribution is 0.0410. The Kier molecular flexibility index (Phi) is 5.25. The van der Waals surface area contributed by atoms with E-state index in [2.05, 4.69) is 5.32 Å². The molecule has 0 saturated carbocycles. The molecular weight excluding hydrogens is 313 g/mol. The molecule has 23 heavy (non-hydrogen) atoms. The monoisotopic (exact) mass is 330 g/mol. The topological polar surface area (TPSA) is 81.4 Å². The molecule has 1 heterocycles. The number of ether oxygens (including phenoxy) is 1. The van der Waals surface area contributed by atoms with Gasteiger partial charge in [0.2, 0.25) is 17.9 Å². The molecule has 1 fully saturated rings. The van der Waals surface area contributed by atoms with Crippen molar-refractivity contribution in [1.29, 1.82) is 0 Å². The number of alkyl halides is 3. The summed E-state index contributed by atoms with van der Waals surface area (Å²) < 4.78 is 43.7. The molecule has 1 aliphatic rings. The summed E-state index contributed by atoms with van der Waals surface area (Å²) in [5.41, 5.74) is 5.26. The number of hydrogen-bond acceptors (Lipinski definition) is 4. The maximum Gasteiger partial charge on any atom is 0.276 e. The second kappa shape index (κ2) is 6.99. The first-order chi connectivity index (χ1) is 10.9. The Hall–Kier alpha value is -2.09. The van der Waals surface area contributed by atoms with Crippen LogP contribution >= 0.6 is 0 Å². The molecule has 8 heteroatoms. The summed E-state index contributed by atoms with van der Waals surface area (Å²) in [5, 5.41) is 3.05. The van der Waals surface area contributed by atoms with Gasteiger partial charge in [0.15, 0.2) is 0 Å². The van der Waals surface area contributed by atoms with Crippen molar-refractivity contribution in [2.75, 3.05) is 20.2 Å². The number of halogens is 3. The molecule has 0 bridgehead atoms. The molecule has 0 radical (unpaired) electrons. The van der Waals surface area contributed by atoms with Crippen molar-refractivity contribution in [3.8, 4) is 5.75 Å². The minimum absolute atomic E-state index is 0.0112. The number of carbonyl (C=O) groups excluding carboxylic acids is 2. The first-order valence-corrected chi connectivity index (χ1v) is 7.05. The zero-order valence-corrected chi connectivity index (χ0v) is 12.4. The lowest BCUT2D eigenvalue weighted by Gasteiger charge is -2.20. The molecule has 0 aliphatic carbocycles. The van der Waals surface area contributed by atoms with E-state index in [1.807, 2.05) is 0 Å². The number of nitrogens with one attached hydrogen (secondary N) is 1. The third kappa shape index (κ3) is 3.47. The average Bonchev–Trinajstić information content (AvgIpc) is 3.05. The molecule has 0 spiro atoms. The van der Waals surface area contributed by atoms with Crippen molar-refractivity contribution in [3.05, 3.63) is 28.8 Å². The second-order valence-corrected chi connectivity index (χ2v) is 5.29. The van der Waals surface area contributed by atoms with Gasteiger partial charge in [0, 0.05) is 17.7 Å². The third-order valence-electron chi connectivity index (χ3n) is 3.86. The van der Waals surface area contributed by atoms with E-state index >= 15 is 0 Å². The van der Waals surface area contributed by atoms with Gasteiger partial charge >= 0.3 is 0 Å². The molecule has 2 atom stereocenters. The van der Waals surface area contributed by atoms with Gasteiger partial charge in [-0.2, -0.15) is 0 Å². The first-order valence-electron chi connectivity index (χ1n) is 7.05. The van der Waals surface area contributed by atoms with Crippen molar-refractivity contribution in [3.63, 3.8) is 0 Å². The van der Waals surface area contributed by atoms with Crippen LogP contribution in [0.3, 0.4) is 0 Å². The molecule has 1 aliphatic heterocycles. The molecule has 2 unspecified atom stereocenters. The molecule has 1 aromatic carbocycles. The smallest absolute Gasteiger partial charge is 0.276 e. The minimum atomic E-state index is -3.44. The molecule has 2 rings (SSSR count). The van der Waals surface area contributed by atoms with E-state index in [4.69, 9.17) is 10.5 Å². The van der Waals surface area contributed by atoms with Crippen LogP contribution in [-0.2, 0) is 0 Å². The van der Waals surface area contributed by atoms with Crippen molar-refractivity contribution >= 4 is 11.7 Å². The van der Waals surface area contributed by atoms with Crippen LogP contribution in [0.2, 0.25) is 0 Å². The van der Waals surface area contributed by atoms with Crippen LogP contribution in [0.4, 0.5) is 13.2 Å². The van der Waals surface area contributed by atoms with Crippen LogP contribution in [-0.4, -0.2) is 44.5 Å². The third-order valence-corrected chi connectivity index (χ3v) is 3.86. The number of benzene rings is 1. The summed E-state index contributed by atoms with van der Waals surface area (Å²) >= 11 is 0. The first kappa shape index (κ1) is 17.3. The van der Waals surface area contributed by atoms with Gasteiger partial charge in [-0.05, 0) is 36.6 Å². The van der Waals surface area contributed by atoms with Crippen LogP contribution in [0, 0.1) is 0 Å². The molecule has 1 saturated heterocycles. The van der Waals surface area contributed by atoms with E-state index in [1.165, 1.54) is 19.2 Å². The molecule has 126 valence electrons. The number of carbonyl (C=O) groups is 2. The number of nitrogens with two attached hydrogens (primary N) is 1. The average molecular weight is 330 g/mol. The Morgan fingerprint density at radius 3 is 2.43 bits per heavy atom. The lowest BCUT2D eigenvalue weighted by Crippen LogP contribution is -2.27. The molecule has 3 N–H and O–H groups in total. The van der Waals surface area contributed by atoms with E-state index in [9.17, 15) is 22.8 Å². The molecule has 1 aromatic rings. The molecule has 5 nitrogen and oxygen atoms in total. The van der Waals surface area contributed by atoms with Gasteiger partial charge in [-0.3, -0.25) is 9.59 Å². The van der Waals surface area contributed by atoms with E-state index < -0.39 is 24.3 Å². The van der Waals surface area contributed by atoms with Gasteiger partial charge in [0.05, 0.1) is 7.11 Å². The van der Waals surface area contributed by atoms with Crippen molar-refractivity contribution in [2.45, 2.75) is 24.9 Å². The maximum absolute atomic E-state index is 13.6. The summed E-state index contributed by atoms with van der Waals surface area (Å²) in [6.07, 6.45) is -5.82. The van der Waals surface area contributed by atoms with E-state index in [0.717, 1.165) is 0 Å². The fourth-order valence-corrected chi connectivity index (χ4v) is 2.76. The predicted molar refractivity (Wildman–Crippen MR) is 77.0 cm³/mol. The fraction of sp³-hybridized carbons (Fsp3) is 0.467. The number of methoxy groups -OCH3 is 1. The summed E-state index contributed by atoms with van der Waals surface area (Å²) in [4.78, 5) is 23.8. The lowest BCUT2D eigenvalue weighted by atomic mass is 9.86. The van der Waals surface area contributed by atoms with Crippen molar-refractivity contribution in [1.82, 2.24) is 5.32 Å². The maximum atomic E-state index is 13.6. The van der Waals surface area contributed by atoms with Gasteiger partial charge in [0.25, 0.3) is 6.43 Å². The predicted octanol–water partition coefficient (Wildman–Crippen LogP) is 1.66. The standard InChI is InChI=1S/C15H17F3N2O3/c1-23-8-4-9(13(21)12(16)14(17)18)11(7-2-3-20-6-7)10(5-8)15(19)22/h4-5,7,12,14,20H,2-3,6H2,1H3,(H2,19,22). The molecular formula is C15H17F3N2O3. The van der Waals surface area contributed by atoms with Crippen LogP contribution in [0.15, 0.2) is 12.1 Å². The zero-order chi connectivity index (χ0) is 17.1. The quantitative estimate of drug-likeness (QED) is 0.777. The molecule has 0 aromatic heterocycles. The van der Waals surface area contributed by atoms with Crippen LogP contribution in [0.1, 0.15) is 38.6 Å². The van der Waals surface area contributed by atoms with Gasteiger partial charge < -0.3 is 15.8 Å². The van der Waals surface area contributed by atoms with Crippen LogP contribution < -0.4 is 15.8 Å². The van der Waals surface area contributed by atoms with E-state index in [-0.39, 0.29) is 28.4 Å². The number of hydrogen-bond donors (Lipinski definition) is 2. The highest BCUT2D eigenvalue weighted by Crippen LogP contribution is 2.34. The Bertz CT molecular complexity index is 616. The van der Waals surface area contributed by atoms with Crippen molar-refractivity contribution < 1.29 is 27.5 Å². The fourth-order valence-electron chi connectivity index (χ4n) is 2.76. The Morgan fingerprint density at radius 1 is 1.30 bits per heavy atom. The van der Waals surface area contributed by atoms with Gasteiger partial charge in [0.1, 0.15) is 5.75 Å². The SMILES string of the molecule is COc1cc(C(N)=O)c(C2CCNC2)c(C(=O)C(F)C(F)F)c1. The highest BCUT2D eigenvalue weighted by molar-refractivity contribution is 6.05. The number of rotatable bonds is 6. The number of Topliss-reactive ketones (excluding diaryl/α,β-unsaturated/α-hetero) is 1. The number of ketones is 1. The van der Waals surface area contributed by atoms with Crippen molar-refractivity contribution in [2.24, 2.45) is 5.73 Å². The van der Waals surface area contributed by atoms with Crippen LogP contribution in [0.25, 0.3) is 0 Å². The van der Waals surface area contributed by atoms with E-state index in [1.54, 1.807) is 0 Å². The Balaban J connectivity index is 2.63. The largest absolute Gasteiger partial charge is 0.497 e. The molecule has 1 amide bonds. The van der Waals surface area contributed by atoms with E-state index in [0.29, 0.717) is 19.5 Å². The highest BCUT2D eigenvalue weighted by atomic mass is 19.3. The van der Waals surface area contributed by atoms with Gasteiger partial charge in [-0.15, -0.1) is 0 Å². The van der Waals surface area contributed by atoms with Gasteiger partial charge in [-0.1, -0.05) is 0 Å². The Labute approximate surface area is 131 Å². The van der Waals surface area contributed by atoms with Crippen LogP contribution in [0.5, 0.6) is 5.75 Å². The number of amides is 1. The number of primary amides is 1.